The highest BCUT2D eigenvalue weighted by Crippen LogP contribution is 2.30. The number of carbonyl (C=O) groups excluding carboxylic acids is 1. The normalized spacial score (nSPS) is 32.6. The first-order valence-electron chi connectivity index (χ1n) is 7.93. The van der Waals surface area contributed by atoms with Crippen molar-refractivity contribution in [1.82, 2.24) is 10.6 Å². The first-order chi connectivity index (χ1) is 10.1. The number of hydrogen-bond acceptors (Lipinski definition) is 3. The van der Waals surface area contributed by atoms with E-state index >= 15 is 0 Å². The monoisotopic (exact) mass is 298 g/mol. The number of carboxylic acid groups (broad SMARTS) is 1. The summed E-state index contributed by atoms with van der Waals surface area (Å²) in [6.07, 6.45) is 6.31. The predicted octanol–water partition coefficient (Wildman–Crippen LogP) is 1.75. The number of urea groups is 1. The maximum Gasteiger partial charge on any atom is 0.332 e. The van der Waals surface area contributed by atoms with Crippen LogP contribution in [0.1, 0.15) is 45.4 Å². The summed E-state index contributed by atoms with van der Waals surface area (Å²) in [4.78, 5) is 23.2. The molecule has 1 saturated heterocycles. The molecule has 1 unspecified atom stereocenters. The molecule has 1 heterocycles. The fourth-order valence-corrected chi connectivity index (χ4v) is 3.23. The summed E-state index contributed by atoms with van der Waals surface area (Å²) in [5.74, 6) is 0.318. The van der Waals surface area contributed by atoms with E-state index in [4.69, 9.17) is 4.74 Å². The number of hydrogen-bond donors (Lipinski definition) is 3. The highest BCUT2D eigenvalue weighted by Gasteiger charge is 2.44. The zero-order valence-corrected chi connectivity index (χ0v) is 12.7. The molecular formula is C15H26N2O4. The lowest BCUT2D eigenvalue weighted by Gasteiger charge is -2.29. The van der Waals surface area contributed by atoms with E-state index in [1.54, 1.807) is 0 Å². The third-order valence-electron chi connectivity index (χ3n) is 4.88. The van der Waals surface area contributed by atoms with Crippen LogP contribution in [0.2, 0.25) is 0 Å². The number of carbonyl (C=O) groups is 2. The molecular weight excluding hydrogens is 272 g/mol. The summed E-state index contributed by atoms with van der Waals surface area (Å²) < 4.78 is 5.12. The molecule has 1 aliphatic carbocycles. The molecule has 0 bridgehead atoms. The molecule has 2 aliphatic rings. The second-order valence-electron chi connectivity index (χ2n) is 6.32. The van der Waals surface area contributed by atoms with E-state index in [1.165, 1.54) is 19.3 Å². The fraction of sp³-hybridized carbons (Fsp3) is 0.867. The van der Waals surface area contributed by atoms with Crippen molar-refractivity contribution in [3.8, 4) is 0 Å². The molecule has 1 atom stereocenters. The van der Waals surface area contributed by atoms with Crippen molar-refractivity contribution in [1.29, 1.82) is 0 Å². The molecule has 0 aromatic rings. The van der Waals surface area contributed by atoms with Gasteiger partial charge in [-0.15, -0.1) is 0 Å². The zero-order valence-electron chi connectivity index (χ0n) is 12.7. The topological polar surface area (TPSA) is 87.7 Å². The minimum absolute atomic E-state index is 0.0390. The number of aliphatic carboxylic acids is 1. The third kappa shape index (κ3) is 4.09. The number of ether oxygens (including phenoxy) is 1. The van der Waals surface area contributed by atoms with Gasteiger partial charge in [0, 0.05) is 19.6 Å². The summed E-state index contributed by atoms with van der Waals surface area (Å²) in [6.45, 7) is 3.26. The first kappa shape index (κ1) is 16.1. The van der Waals surface area contributed by atoms with Crippen molar-refractivity contribution in [2.75, 3.05) is 19.8 Å². The molecule has 0 spiro atoms. The molecule has 1 saturated carbocycles. The molecule has 2 amide bonds. The Morgan fingerprint density at radius 2 is 1.90 bits per heavy atom. The Morgan fingerprint density at radius 1 is 1.24 bits per heavy atom. The van der Waals surface area contributed by atoms with Gasteiger partial charge in [0.1, 0.15) is 0 Å². The SMILES string of the molecule is CCC1CCC(CNC(=O)NC2(C(=O)O)CCOC2)CC1. The number of rotatable bonds is 5. The van der Waals surface area contributed by atoms with Crippen molar-refractivity contribution in [2.24, 2.45) is 11.8 Å². The smallest absolute Gasteiger partial charge is 0.332 e. The van der Waals surface area contributed by atoms with Gasteiger partial charge in [-0.3, -0.25) is 0 Å². The van der Waals surface area contributed by atoms with E-state index in [9.17, 15) is 14.7 Å². The molecule has 0 aromatic heterocycles. The zero-order chi connectivity index (χ0) is 15.3. The van der Waals surface area contributed by atoms with Gasteiger partial charge in [-0.2, -0.15) is 0 Å². The van der Waals surface area contributed by atoms with Crippen molar-refractivity contribution >= 4 is 12.0 Å². The van der Waals surface area contributed by atoms with Crippen LogP contribution in [-0.4, -0.2) is 42.4 Å². The van der Waals surface area contributed by atoms with Crippen LogP contribution in [0.15, 0.2) is 0 Å². The van der Waals surface area contributed by atoms with Gasteiger partial charge in [-0.25, -0.2) is 9.59 Å². The maximum absolute atomic E-state index is 11.9. The second-order valence-corrected chi connectivity index (χ2v) is 6.32. The predicted molar refractivity (Wildman–Crippen MR) is 78.1 cm³/mol. The first-order valence-corrected chi connectivity index (χ1v) is 7.93. The van der Waals surface area contributed by atoms with Crippen LogP contribution in [0.4, 0.5) is 4.79 Å². The Hall–Kier alpha value is -1.30. The minimum Gasteiger partial charge on any atom is -0.479 e. The van der Waals surface area contributed by atoms with E-state index in [0.717, 1.165) is 18.8 Å². The van der Waals surface area contributed by atoms with Gasteiger partial charge in [-0.05, 0) is 24.7 Å². The number of nitrogens with one attached hydrogen (secondary N) is 2. The molecule has 0 aromatic carbocycles. The van der Waals surface area contributed by atoms with E-state index in [1.807, 2.05) is 0 Å². The van der Waals surface area contributed by atoms with Gasteiger partial charge in [0.2, 0.25) is 0 Å². The molecule has 120 valence electrons. The van der Waals surface area contributed by atoms with Crippen molar-refractivity contribution in [3.63, 3.8) is 0 Å². The van der Waals surface area contributed by atoms with E-state index < -0.39 is 17.5 Å². The van der Waals surface area contributed by atoms with E-state index in [2.05, 4.69) is 17.6 Å². The van der Waals surface area contributed by atoms with Crippen LogP contribution in [-0.2, 0) is 9.53 Å². The summed E-state index contributed by atoms with van der Waals surface area (Å²) in [5, 5.41) is 14.7. The van der Waals surface area contributed by atoms with Crippen LogP contribution >= 0.6 is 0 Å². The third-order valence-corrected chi connectivity index (χ3v) is 4.88. The summed E-state index contributed by atoms with van der Waals surface area (Å²) in [5.41, 5.74) is -1.26. The summed E-state index contributed by atoms with van der Waals surface area (Å²) in [6, 6.07) is -0.402. The fourth-order valence-electron chi connectivity index (χ4n) is 3.23. The Balaban J connectivity index is 1.73. The Kier molecular flexibility index (Phi) is 5.45. The molecule has 1 aliphatic heterocycles. The maximum atomic E-state index is 11.9. The quantitative estimate of drug-likeness (QED) is 0.721. The summed E-state index contributed by atoms with van der Waals surface area (Å²) in [7, 11) is 0. The van der Waals surface area contributed by atoms with Crippen LogP contribution in [0.3, 0.4) is 0 Å². The van der Waals surface area contributed by atoms with Gasteiger partial charge in [0.15, 0.2) is 5.54 Å². The van der Waals surface area contributed by atoms with Gasteiger partial charge in [-0.1, -0.05) is 26.2 Å². The Labute approximate surface area is 125 Å². The van der Waals surface area contributed by atoms with Crippen LogP contribution < -0.4 is 10.6 Å². The van der Waals surface area contributed by atoms with Crippen LogP contribution in [0, 0.1) is 11.8 Å². The van der Waals surface area contributed by atoms with E-state index in [-0.39, 0.29) is 6.61 Å². The van der Waals surface area contributed by atoms with E-state index in [0.29, 0.717) is 25.5 Å². The lowest BCUT2D eigenvalue weighted by atomic mass is 9.81. The van der Waals surface area contributed by atoms with Crippen molar-refractivity contribution < 1.29 is 19.4 Å². The van der Waals surface area contributed by atoms with Crippen molar-refractivity contribution in [2.45, 2.75) is 51.0 Å². The number of amides is 2. The molecule has 21 heavy (non-hydrogen) atoms. The molecule has 3 N–H and O–H groups in total. The molecule has 6 heteroatoms. The Morgan fingerprint density at radius 3 is 2.43 bits per heavy atom. The number of carboxylic acids is 1. The average molecular weight is 298 g/mol. The standard InChI is InChI=1S/C15H26N2O4/c1-2-11-3-5-12(6-4-11)9-16-14(20)17-15(13(18)19)7-8-21-10-15/h11-12H,2-10H2,1H3,(H,18,19)(H2,16,17,20). The molecule has 2 rings (SSSR count). The van der Waals surface area contributed by atoms with Crippen molar-refractivity contribution in [3.05, 3.63) is 0 Å². The lowest BCUT2D eigenvalue weighted by Crippen LogP contribution is -2.58. The largest absolute Gasteiger partial charge is 0.479 e. The van der Waals surface area contributed by atoms with Gasteiger partial charge < -0.3 is 20.5 Å². The second kappa shape index (κ2) is 7.11. The molecule has 0 radical (unpaired) electrons. The lowest BCUT2D eigenvalue weighted by molar-refractivity contribution is -0.144. The average Bonchev–Trinajstić information content (AvgIpc) is 2.95. The highest BCUT2D eigenvalue weighted by molar-refractivity contribution is 5.86. The van der Waals surface area contributed by atoms with Gasteiger partial charge in [0.25, 0.3) is 0 Å². The highest BCUT2D eigenvalue weighted by atomic mass is 16.5. The van der Waals surface area contributed by atoms with Crippen LogP contribution in [0.25, 0.3) is 0 Å². The molecule has 6 nitrogen and oxygen atoms in total. The minimum atomic E-state index is -1.26. The van der Waals surface area contributed by atoms with Gasteiger partial charge >= 0.3 is 12.0 Å². The molecule has 2 fully saturated rings. The van der Waals surface area contributed by atoms with Gasteiger partial charge in [0.05, 0.1) is 6.61 Å². The summed E-state index contributed by atoms with van der Waals surface area (Å²) >= 11 is 0. The van der Waals surface area contributed by atoms with Crippen LogP contribution in [0.5, 0.6) is 0 Å². The Bertz CT molecular complexity index is 372.